The quantitative estimate of drug-likeness (QED) is 0.217. The fourth-order valence-corrected chi connectivity index (χ4v) is 6.31. The van der Waals surface area contributed by atoms with E-state index in [2.05, 4.69) is 22.0 Å². The van der Waals surface area contributed by atoms with Crippen molar-refractivity contribution in [1.29, 1.82) is 0 Å². The number of halogens is 1. The minimum atomic E-state index is -2.29. The number of anilines is 1. The minimum Gasteiger partial charge on any atom is -0.870 e. The van der Waals surface area contributed by atoms with Crippen molar-refractivity contribution in [2.45, 2.75) is 30.6 Å². The Bertz CT molecular complexity index is 1600. The third-order valence-electron chi connectivity index (χ3n) is 7.29. The molecule has 41 heavy (non-hydrogen) atoms. The van der Waals surface area contributed by atoms with Crippen LogP contribution in [0.5, 0.6) is 0 Å². The number of rotatable bonds is 9. The molecule has 2 fully saturated rings. The number of benzene rings is 2. The predicted molar refractivity (Wildman–Crippen MR) is 154 cm³/mol. The Balaban J connectivity index is 0.00000337. The van der Waals surface area contributed by atoms with Crippen LogP contribution >= 0.6 is 11.3 Å². The zero-order chi connectivity index (χ0) is 27.8. The number of morpholine rings is 1. The Kier molecular flexibility index (Phi) is 8.61. The molecular weight excluding hydrogens is 569 g/mol. The molecule has 2 aromatic heterocycles. The van der Waals surface area contributed by atoms with Crippen molar-refractivity contribution in [3.63, 3.8) is 0 Å². The number of hydrogen-bond acceptors (Lipinski definition) is 8. The monoisotopic (exact) mass is 599 g/mol. The lowest BCUT2D eigenvalue weighted by Crippen LogP contribution is -2.36. The molecule has 1 unspecified atom stereocenters. The highest BCUT2D eigenvalue weighted by atomic mass is 32.2. The molecule has 2 aromatic carbocycles. The molecular formula is C28H30FN5O5S2. The fourth-order valence-electron chi connectivity index (χ4n) is 5.04. The SMILES string of the molecule is N[SH+](=O)c1ccc(Cc2c(-c3cccc(N4CCOCC4)c3)nn(-c3nc(C(=O)O)cs3)c2CC2CC2)cc1F.[OH-]. The summed E-state index contributed by atoms with van der Waals surface area (Å²) in [4.78, 5) is 18.2. The van der Waals surface area contributed by atoms with Gasteiger partial charge in [-0.15, -0.1) is 16.5 Å². The molecule has 2 aliphatic rings. The van der Waals surface area contributed by atoms with Gasteiger partial charge in [0.15, 0.2) is 22.5 Å². The van der Waals surface area contributed by atoms with Gasteiger partial charge < -0.3 is 20.2 Å². The lowest BCUT2D eigenvalue weighted by molar-refractivity contribution is 0.0691. The van der Waals surface area contributed by atoms with Crippen LogP contribution in [0.1, 0.15) is 40.2 Å². The molecule has 1 aliphatic carbocycles. The lowest BCUT2D eigenvalue weighted by Gasteiger charge is -2.29. The average molecular weight is 600 g/mol. The average Bonchev–Trinajstić information content (AvgIpc) is 3.51. The largest absolute Gasteiger partial charge is 0.870 e. The van der Waals surface area contributed by atoms with Crippen molar-refractivity contribution in [3.05, 3.63) is 76.2 Å². The maximum Gasteiger partial charge on any atom is 0.355 e. The first-order chi connectivity index (χ1) is 19.4. The summed E-state index contributed by atoms with van der Waals surface area (Å²) in [6.07, 6.45) is 3.35. The molecule has 6 rings (SSSR count). The van der Waals surface area contributed by atoms with E-state index in [1.807, 2.05) is 12.1 Å². The summed E-state index contributed by atoms with van der Waals surface area (Å²) in [5.41, 5.74) is 5.26. The van der Waals surface area contributed by atoms with E-state index >= 15 is 0 Å². The van der Waals surface area contributed by atoms with Crippen molar-refractivity contribution in [2.24, 2.45) is 11.1 Å². The lowest BCUT2D eigenvalue weighted by atomic mass is 9.96. The van der Waals surface area contributed by atoms with E-state index in [1.54, 1.807) is 10.7 Å². The van der Waals surface area contributed by atoms with Crippen molar-refractivity contribution < 1.29 is 28.7 Å². The molecule has 0 spiro atoms. The summed E-state index contributed by atoms with van der Waals surface area (Å²) in [7, 11) is -2.29. The summed E-state index contributed by atoms with van der Waals surface area (Å²) < 4.78 is 33.8. The van der Waals surface area contributed by atoms with Crippen LogP contribution in [0.4, 0.5) is 10.1 Å². The van der Waals surface area contributed by atoms with E-state index < -0.39 is 22.8 Å². The number of nitrogens with two attached hydrogens (primary N) is 1. The van der Waals surface area contributed by atoms with E-state index in [4.69, 9.17) is 15.0 Å². The van der Waals surface area contributed by atoms with E-state index in [9.17, 15) is 18.5 Å². The van der Waals surface area contributed by atoms with Gasteiger partial charge in [0.1, 0.15) is 0 Å². The van der Waals surface area contributed by atoms with Gasteiger partial charge in [0.05, 0.1) is 24.6 Å². The molecule has 1 aliphatic heterocycles. The highest BCUT2D eigenvalue weighted by Crippen LogP contribution is 2.38. The summed E-state index contributed by atoms with van der Waals surface area (Å²) in [5.74, 6) is -1.19. The van der Waals surface area contributed by atoms with Crippen LogP contribution in [-0.4, -0.2) is 57.6 Å². The molecule has 10 nitrogen and oxygen atoms in total. The predicted octanol–water partition coefficient (Wildman–Crippen LogP) is 3.96. The molecule has 13 heteroatoms. The number of nitrogens with zero attached hydrogens (tertiary/aromatic N) is 4. The first-order valence-corrected chi connectivity index (χ1v) is 15.3. The second kappa shape index (κ2) is 12.2. The third-order valence-corrected chi connectivity index (χ3v) is 8.94. The third kappa shape index (κ3) is 6.23. The van der Waals surface area contributed by atoms with Crippen molar-refractivity contribution in [1.82, 2.24) is 14.8 Å². The van der Waals surface area contributed by atoms with E-state index in [1.165, 1.54) is 28.8 Å². The van der Waals surface area contributed by atoms with E-state index in [0.29, 0.717) is 36.2 Å². The molecule has 1 atom stereocenters. The Morgan fingerprint density at radius 2 is 1.98 bits per heavy atom. The van der Waals surface area contributed by atoms with Crippen molar-refractivity contribution in [3.8, 4) is 16.4 Å². The zero-order valence-electron chi connectivity index (χ0n) is 22.1. The van der Waals surface area contributed by atoms with Crippen LogP contribution in [0.25, 0.3) is 16.4 Å². The van der Waals surface area contributed by atoms with Gasteiger partial charge in [0.25, 0.3) is 0 Å². The summed E-state index contributed by atoms with van der Waals surface area (Å²) in [6, 6.07) is 12.8. The van der Waals surface area contributed by atoms with Gasteiger partial charge in [0.2, 0.25) is 10.0 Å². The Labute approximate surface area is 242 Å². The minimum absolute atomic E-state index is 0. The Morgan fingerprint density at radius 1 is 1.20 bits per heavy atom. The number of thiazole rings is 1. The van der Waals surface area contributed by atoms with Crippen LogP contribution in [0.15, 0.2) is 52.7 Å². The maximum absolute atomic E-state index is 14.8. The molecule has 0 bridgehead atoms. The normalized spacial score (nSPS) is 15.9. The van der Waals surface area contributed by atoms with Gasteiger partial charge in [-0.2, -0.15) is 5.10 Å². The summed E-state index contributed by atoms with van der Waals surface area (Å²) in [5, 5.41) is 22.0. The highest BCUT2D eigenvalue weighted by molar-refractivity contribution is 7.82. The van der Waals surface area contributed by atoms with Gasteiger partial charge in [-0.1, -0.05) is 22.4 Å². The van der Waals surface area contributed by atoms with Gasteiger partial charge >= 0.3 is 5.97 Å². The topological polar surface area (TPSA) is 154 Å². The molecule has 4 N–H and O–H groups in total. The second-order valence-corrected chi connectivity index (χ2v) is 12.1. The number of thiol groups is 1. The Morgan fingerprint density at radius 3 is 2.63 bits per heavy atom. The van der Waals surface area contributed by atoms with Crippen LogP contribution in [0.2, 0.25) is 0 Å². The molecule has 0 radical (unpaired) electrons. The number of carbonyl (C=O) groups is 1. The van der Waals surface area contributed by atoms with Gasteiger partial charge in [-0.05, 0) is 55.0 Å². The fraction of sp³-hybridized carbons (Fsp3) is 0.321. The van der Waals surface area contributed by atoms with Crippen LogP contribution in [0.3, 0.4) is 0 Å². The number of carboxylic acids is 1. The van der Waals surface area contributed by atoms with Crippen LogP contribution in [0, 0.1) is 11.7 Å². The zero-order valence-corrected chi connectivity index (χ0v) is 23.8. The van der Waals surface area contributed by atoms with E-state index in [0.717, 1.165) is 60.6 Å². The molecule has 0 amide bonds. The Hall–Kier alpha value is -3.49. The van der Waals surface area contributed by atoms with Gasteiger partial charge in [0, 0.05) is 41.7 Å². The molecule has 3 heterocycles. The second-order valence-electron chi connectivity index (χ2n) is 10.1. The first kappa shape index (κ1) is 29.0. The maximum atomic E-state index is 14.8. The van der Waals surface area contributed by atoms with Crippen molar-refractivity contribution in [2.75, 3.05) is 31.2 Å². The van der Waals surface area contributed by atoms with Crippen molar-refractivity contribution >= 4 is 34.0 Å². The molecule has 4 aromatic rings. The number of aromatic carboxylic acids is 1. The number of aromatic nitrogens is 3. The first-order valence-electron chi connectivity index (χ1n) is 13.1. The van der Waals surface area contributed by atoms with Crippen LogP contribution in [-0.2, 0) is 32.8 Å². The smallest absolute Gasteiger partial charge is 0.355 e. The molecule has 1 saturated carbocycles. The number of carboxylic acid groups (broad SMARTS) is 1. The standard InChI is InChI=1S/C28H28FN5O4S2.H2O/c29-22-13-18(6-7-25(22)40(30)37)12-21-24(14-17-4-5-17)34(28-31-23(16-39-28)27(35)36)32-26(21)19-2-1-3-20(15-19)33-8-10-38-11-9-33;/h1-3,6-7,13,15-17H,4-5,8-12,14H2,(H2,30,37)(H,35,36);1H2. The van der Waals surface area contributed by atoms with Gasteiger partial charge in [-0.3, -0.25) is 0 Å². The van der Waals surface area contributed by atoms with Crippen LogP contribution < -0.4 is 10.0 Å². The van der Waals surface area contributed by atoms with E-state index in [-0.39, 0.29) is 16.1 Å². The highest BCUT2D eigenvalue weighted by Gasteiger charge is 2.30. The summed E-state index contributed by atoms with van der Waals surface area (Å²) in [6.45, 7) is 2.93. The number of ether oxygens (including phenoxy) is 1. The molecule has 1 saturated heterocycles. The van der Waals surface area contributed by atoms with Gasteiger partial charge in [-0.25, -0.2) is 18.9 Å². The molecule has 216 valence electrons. The summed E-state index contributed by atoms with van der Waals surface area (Å²) >= 11 is 1.23. The number of hydrogen-bond donors (Lipinski definition) is 2.